The van der Waals surface area contributed by atoms with Crippen LogP contribution in [0.25, 0.3) is 0 Å². The van der Waals surface area contributed by atoms with E-state index in [1.807, 2.05) is 6.92 Å². The average molecular weight is 539 g/mol. The van der Waals surface area contributed by atoms with Gasteiger partial charge in [0.25, 0.3) is 15.9 Å². The van der Waals surface area contributed by atoms with E-state index in [0.717, 1.165) is 16.9 Å². The number of amides is 2. The lowest BCUT2D eigenvalue weighted by Gasteiger charge is -2.10. The monoisotopic (exact) mass is 538 g/mol. The van der Waals surface area contributed by atoms with Crippen LogP contribution in [0, 0.1) is 13.8 Å². The smallest absolute Gasteiger partial charge is 0.412 e. The van der Waals surface area contributed by atoms with Crippen LogP contribution in [0.4, 0.5) is 14.9 Å². The summed E-state index contributed by atoms with van der Waals surface area (Å²) in [5.74, 6) is 0.169. The zero-order chi connectivity index (χ0) is 25.4. The Morgan fingerprint density at radius 3 is 2.57 bits per heavy atom. The highest BCUT2D eigenvalue weighted by atomic mass is 35.5. The number of nitrogens with one attached hydrogen (secondary N) is 3. The zero-order valence-electron chi connectivity index (χ0n) is 18.8. The van der Waals surface area contributed by atoms with Crippen molar-refractivity contribution >= 4 is 55.1 Å². The molecular formula is C22H23ClN4O6S2. The van der Waals surface area contributed by atoms with Crippen molar-refractivity contribution in [2.75, 3.05) is 29.8 Å². The van der Waals surface area contributed by atoms with E-state index in [0.29, 0.717) is 21.5 Å². The highest BCUT2D eigenvalue weighted by molar-refractivity contribution is 7.93. The van der Waals surface area contributed by atoms with E-state index < -0.39 is 16.1 Å². The molecule has 10 nitrogen and oxygen atoms in total. The molecule has 3 N–H and O–H groups in total. The molecule has 0 radical (unpaired) electrons. The van der Waals surface area contributed by atoms with Crippen molar-refractivity contribution in [3.63, 3.8) is 0 Å². The van der Waals surface area contributed by atoms with Crippen LogP contribution < -0.4 is 20.1 Å². The molecule has 2 aromatic carbocycles. The predicted molar refractivity (Wildman–Crippen MR) is 134 cm³/mol. The second kappa shape index (κ2) is 11.9. The first-order valence-electron chi connectivity index (χ1n) is 10.3. The molecule has 2 amide bonds. The molecular weight excluding hydrogens is 516 g/mol. The van der Waals surface area contributed by atoms with E-state index >= 15 is 0 Å². The van der Waals surface area contributed by atoms with Gasteiger partial charge in [0, 0.05) is 5.02 Å². The highest BCUT2D eigenvalue weighted by Crippen LogP contribution is 2.29. The van der Waals surface area contributed by atoms with Gasteiger partial charge in [-0.1, -0.05) is 41.1 Å². The number of rotatable bonds is 10. The molecule has 0 unspecified atom stereocenters. The lowest BCUT2D eigenvalue weighted by atomic mass is 10.2. The molecule has 0 aliphatic heterocycles. The van der Waals surface area contributed by atoms with Gasteiger partial charge in [0.2, 0.25) is 0 Å². The van der Waals surface area contributed by atoms with E-state index in [2.05, 4.69) is 20.3 Å². The second-order valence-electron chi connectivity index (χ2n) is 7.16. The summed E-state index contributed by atoms with van der Waals surface area (Å²) >= 11 is 6.84. The van der Waals surface area contributed by atoms with Crippen LogP contribution in [0.1, 0.15) is 11.3 Å². The van der Waals surface area contributed by atoms with Crippen molar-refractivity contribution in [1.29, 1.82) is 0 Å². The Morgan fingerprint density at radius 2 is 1.86 bits per heavy atom. The normalized spacial score (nSPS) is 10.9. The number of hydrogen-bond acceptors (Lipinski definition) is 8. The van der Waals surface area contributed by atoms with Crippen molar-refractivity contribution in [2.45, 2.75) is 18.7 Å². The molecule has 0 aliphatic rings. The number of benzene rings is 2. The number of anilines is 2. The molecule has 186 valence electrons. The summed E-state index contributed by atoms with van der Waals surface area (Å²) in [4.78, 5) is 28.2. The van der Waals surface area contributed by atoms with Gasteiger partial charge in [0.05, 0.1) is 17.1 Å². The summed E-state index contributed by atoms with van der Waals surface area (Å²) in [5.41, 5.74) is 1.22. The lowest BCUT2D eigenvalue weighted by Crippen LogP contribution is -2.32. The third kappa shape index (κ3) is 7.84. The first kappa shape index (κ1) is 26.3. The molecule has 35 heavy (non-hydrogen) atoms. The Bertz CT molecular complexity index is 1300. The van der Waals surface area contributed by atoms with Gasteiger partial charge in [0.1, 0.15) is 17.4 Å². The third-order valence-corrected chi connectivity index (χ3v) is 7.15. The predicted octanol–water partition coefficient (Wildman–Crippen LogP) is 3.96. The summed E-state index contributed by atoms with van der Waals surface area (Å²) in [7, 11) is -3.80. The van der Waals surface area contributed by atoms with Gasteiger partial charge in [-0.2, -0.15) is 0 Å². The molecule has 0 bridgehead atoms. The molecule has 0 saturated carbocycles. The van der Waals surface area contributed by atoms with E-state index in [-0.39, 0.29) is 35.7 Å². The van der Waals surface area contributed by atoms with Gasteiger partial charge in [-0.05, 0) is 49.7 Å². The number of nitrogens with zero attached hydrogens (tertiary/aromatic N) is 1. The fourth-order valence-corrected chi connectivity index (χ4v) is 5.10. The quantitative estimate of drug-likeness (QED) is 0.332. The minimum absolute atomic E-state index is 0.0805. The van der Waals surface area contributed by atoms with Crippen LogP contribution in [0.2, 0.25) is 5.02 Å². The van der Waals surface area contributed by atoms with Crippen molar-refractivity contribution in [3.8, 4) is 5.75 Å². The second-order valence-corrected chi connectivity index (χ2v) is 10.3. The number of carbonyl (C=O) groups is 2. The molecule has 0 fully saturated rings. The summed E-state index contributed by atoms with van der Waals surface area (Å²) in [5, 5.41) is 6.10. The minimum Gasteiger partial charge on any atom is -0.484 e. The maximum atomic E-state index is 12.4. The van der Waals surface area contributed by atoms with Crippen LogP contribution in [-0.2, 0) is 19.6 Å². The van der Waals surface area contributed by atoms with E-state index in [1.165, 1.54) is 12.1 Å². The fourth-order valence-electron chi connectivity index (χ4n) is 2.76. The topological polar surface area (TPSA) is 136 Å². The van der Waals surface area contributed by atoms with Gasteiger partial charge >= 0.3 is 6.09 Å². The molecule has 0 spiro atoms. The van der Waals surface area contributed by atoms with Gasteiger partial charge in [-0.25, -0.2) is 18.2 Å². The van der Waals surface area contributed by atoms with Gasteiger partial charge in [0.15, 0.2) is 11.7 Å². The minimum atomic E-state index is -3.80. The Labute approximate surface area is 211 Å². The van der Waals surface area contributed by atoms with Crippen LogP contribution in [0.5, 0.6) is 5.75 Å². The summed E-state index contributed by atoms with van der Waals surface area (Å²) < 4.78 is 37.7. The first-order chi connectivity index (χ1) is 16.6. The third-order valence-electron chi connectivity index (χ3n) is 4.44. The maximum absolute atomic E-state index is 12.4. The fraction of sp³-hybridized carbons (Fsp3) is 0.227. The molecule has 0 aliphatic carbocycles. The molecule has 3 rings (SSSR count). The van der Waals surface area contributed by atoms with Crippen molar-refractivity contribution in [1.82, 2.24) is 10.3 Å². The number of ether oxygens (including phenoxy) is 2. The van der Waals surface area contributed by atoms with Gasteiger partial charge < -0.3 is 14.8 Å². The number of carbonyl (C=O) groups excluding carboxylic acids is 2. The molecule has 0 atom stereocenters. The largest absolute Gasteiger partial charge is 0.484 e. The summed E-state index contributed by atoms with van der Waals surface area (Å²) in [6.07, 6.45) is -0.767. The number of halogens is 1. The van der Waals surface area contributed by atoms with Crippen molar-refractivity contribution in [3.05, 3.63) is 64.8 Å². The molecule has 1 heterocycles. The Kier molecular flexibility index (Phi) is 8.90. The van der Waals surface area contributed by atoms with E-state index in [4.69, 9.17) is 21.1 Å². The maximum Gasteiger partial charge on any atom is 0.412 e. The number of thiazole rings is 1. The number of sulfonamides is 1. The van der Waals surface area contributed by atoms with E-state index in [9.17, 15) is 18.0 Å². The zero-order valence-corrected chi connectivity index (χ0v) is 21.2. The van der Waals surface area contributed by atoms with Gasteiger partial charge in [-0.15, -0.1) is 0 Å². The Morgan fingerprint density at radius 1 is 1.11 bits per heavy atom. The number of aryl methyl sites for hydroxylation is 2. The summed E-state index contributed by atoms with van der Waals surface area (Å²) in [6, 6.07) is 12.9. The summed E-state index contributed by atoms with van der Waals surface area (Å²) in [6.45, 7) is 3.24. The first-order valence-corrected chi connectivity index (χ1v) is 13.0. The number of hydrogen-bond donors (Lipinski definition) is 3. The molecule has 13 heteroatoms. The standard InChI is InChI=1S/C22H23ClN4O6S2/c1-14-12-16(23)8-9-18(14)33-13-19(28)24-10-11-32-22(29)26-20-15(2)25-21(34-20)27-35(30,31)17-6-4-3-5-7-17/h3-9,12H,10-11,13H2,1-2H3,(H,24,28)(H,25,27)(H,26,29). The molecule has 1 aromatic heterocycles. The van der Waals surface area contributed by atoms with Crippen LogP contribution in [-0.4, -0.2) is 45.2 Å². The number of aromatic nitrogens is 1. The highest BCUT2D eigenvalue weighted by Gasteiger charge is 2.18. The van der Waals surface area contributed by atoms with Gasteiger partial charge in [-0.3, -0.25) is 14.8 Å². The average Bonchev–Trinajstić information content (AvgIpc) is 3.14. The Hall–Kier alpha value is -3.35. The van der Waals surface area contributed by atoms with Crippen molar-refractivity contribution < 1.29 is 27.5 Å². The van der Waals surface area contributed by atoms with Crippen molar-refractivity contribution in [2.24, 2.45) is 0 Å². The Balaban J connectivity index is 1.40. The SMILES string of the molecule is Cc1cc(Cl)ccc1OCC(=O)NCCOC(=O)Nc1sc(NS(=O)(=O)c2ccccc2)nc1C. The van der Waals surface area contributed by atoms with Crippen LogP contribution in [0.3, 0.4) is 0 Å². The van der Waals surface area contributed by atoms with Crippen LogP contribution >= 0.6 is 22.9 Å². The lowest BCUT2D eigenvalue weighted by molar-refractivity contribution is -0.123. The van der Waals surface area contributed by atoms with Crippen LogP contribution in [0.15, 0.2) is 53.4 Å². The molecule has 0 saturated heterocycles. The van der Waals surface area contributed by atoms with E-state index in [1.54, 1.807) is 43.3 Å². The molecule has 3 aromatic rings.